The minimum Gasteiger partial charge on any atom is -0.436 e. The van der Waals surface area contributed by atoms with Gasteiger partial charge in [0.05, 0.1) is 11.1 Å². The first kappa shape index (κ1) is 30.7. The minimum atomic E-state index is -5.78. The van der Waals surface area contributed by atoms with Crippen LogP contribution in [-0.2, 0) is 38.6 Å². The van der Waals surface area contributed by atoms with Gasteiger partial charge in [0, 0.05) is 31.2 Å². The van der Waals surface area contributed by atoms with Gasteiger partial charge in [-0.1, -0.05) is 42.5 Å². The Kier molecular flexibility index (Phi) is 7.68. The van der Waals surface area contributed by atoms with Crippen LogP contribution < -0.4 is 4.74 Å². The van der Waals surface area contributed by atoms with Gasteiger partial charge in [0.1, 0.15) is 11.3 Å². The van der Waals surface area contributed by atoms with Crippen LogP contribution in [0.25, 0.3) is 42.2 Å². The summed E-state index contributed by atoms with van der Waals surface area (Å²) >= 11 is 1.30. The van der Waals surface area contributed by atoms with Crippen LogP contribution in [0.15, 0.2) is 72.8 Å². The fourth-order valence-corrected chi connectivity index (χ4v) is 5.57. The summed E-state index contributed by atoms with van der Waals surface area (Å²) in [5, 5.41) is 10.2. The predicted octanol–water partition coefficient (Wildman–Crippen LogP) is 10.3. The second-order valence-corrected chi connectivity index (χ2v) is 10.2. The summed E-state index contributed by atoms with van der Waals surface area (Å²) in [6.45, 7) is 0. The molecule has 2 aromatic heterocycles. The average Bonchev–Trinajstić information content (AvgIpc) is 3.34. The largest absolute Gasteiger partial charge is 0.436 e. The molecule has 2 heterocycles. The van der Waals surface area contributed by atoms with Crippen LogP contribution in [0.1, 0.15) is 16.7 Å². The van der Waals surface area contributed by atoms with Crippen molar-refractivity contribution in [1.29, 1.82) is 0 Å². The van der Waals surface area contributed by atoms with Gasteiger partial charge in [-0.2, -0.15) is 44.6 Å². The molecule has 1 radical (unpaired) electrons. The summed E-state index contributed by atoms with van der Waals surface area (Å²) in [6.07, 6.45) is -16.9. The van der Waals surface area contributed by atoms with E-state index in [1.165, 1.54) is 17.4 Å². The second kappa shape index (κ2) is 10.8. The molecule has 0 unspecified atom stereocenters. The number of halogens is 9. The van der Waals surface area contributed by atoms with E-state index in [1.807, 2.05) is 18.2 Å². The molecule has 0 fully saturated rings. The third-order valence-electron chi connectivity index (χ3n) is 6.40. The molecule has 0 N–H and O–H groups in total. The molecule has 3 nitrogen and oxygen atoms in total. The predicted molar refractivity (Wildman–Crippen MR) is 138 cm³/mol. The number of thiophene rings is 1. The molecule has 0 bridgehead atoms. The third-order valence-corrected chi connectivity index (χ3v) is 7.48. The van der Waals surface area contributed by atoms with Gasteiger partial charge in [-0.3, -0.25) is 0 Å². The van der Waals surface area contributed by atoms with E-state index in [0.717, 1.165) is 10.1 Å². The number of fused-ring (bicyclic) bond motifs is 3. The van der Waals surface area contributed by atoms with Gasteiger partial charge in [-0.05, 0) is 43.9 Å². The molecule has 0 aliphatic carbocycles. The topological polar surface area (TPSA) is 35.0 Å². The van der Waals surface area contributed by atoms with Gasteiger partial charge in [-0.15, -0.1) is 28.7 Å². The van der Waals surface area contributed by atoms with Crippen molar-refractivity contribution in [2.75, 3.05) is 0 Å². The van der Waals surface area contributed by atoms with Crippen molar-refractivity contribution in [3.05, 3.63) is 95.6 Å². The molecule has 0 amide bonds. The molecule has 6 rings (SSSR count). The molecule has 0 saturated carbocycles. The third kappa shape index (κ3) is 5.78. The Morgan fingerprint density at radius 1 is 0.674 bits per heavy atom. The van der Waals surface area contributed by atoms with Gasteiger partial charge in [0.15, 0.2) is 0 Å². The minimum absolute atomic E-state index is 0. The normalized spacial score (nSPS) is 12.6. The second-order valence-electron chi connectivity index (χ2n) is 9.14. The van der Waals surface area contributed by atoms with Crippen LogP contribution in [0.3, 0.4) is 0 Å². The maximum Gasteiger partial charge on any atom is 0.420 e. The van der Waals surface area contributed by atoms with E-state index >= 15 is 0 Å². The Hall–Kier alpha value is -3.74. The molecule has 223 valence electrons. The van der Waals surface area contributed by atoms with Gasteiger partial charge < -0.3 is 4.74 Å². The van der Waals surface area contributed by atoms with E-state index in [4.69, 9.17) is 4.74 Å². The monoisotopic (exact) mass is 800 g/mol. The number of hydrogen-bond acceptors (Lipinski definition) is 4. The van der Waals surface area contributed by atoms with Crippen LogP contribution in [-0.4, -0.2) is 10.2 Å². The molecule has 6 aromatic rings. The Balaban J connectivity index is 0.00000368. The molecule has 0 atom stereocenters. The Morgan fingerprint density at radius 3 is 1.91 bits per heavy atom. The van der Waals surface area contributed by atoms with E-state index in [1.54, 1.807) is 36.4 Å². The zero-order chi connectivity index (χ0) is 30.0. The fraction of sp³-hybridized carbons (Fsp3) is 0.103. The van der Waals surface area contributed by atoms with Crippen LogP contribution >= 0.6 is 11.3 Å². The van der Waals surface area contributed by atoms with E-state index in [0.29, 0.717) is 15.6 Å². The maximum absolute atomic E-state index is 14.0. The van der Waals surface area contributed by atoms with Crippen molar-refractivity contribution in [2.24, 2.45) is 0 Å². The van der Waals surface area contributed by atoms with E-state index in [-0.39, 0.29) is 42.6 Å². The number of ether oxygens (including phenoxy) is 1. The van der Waals surface area contributed by atoms with Gasteiger partial charge in [-0.25, -0.2) is 11.3 Å². The zero-order valence-electron chi connectivity index (χ0n) is 20.9. The molecule has 0 saturated heterocycles. The quantitative estimate of drug-likeness (QED) is 0.102. The van der Waals surface area contributed by atoms with Gasteiger partial charge in [0.2, 0.25) is 5.88 Å². The smallest absolute Gasteiger partial charge is 0.420 e. The Morgan fingerprint density at radius 2 is 1.30 bits per heavy atom. The summed E-state index contributed by atoms with van der Waals surface area (Å²) in [5.74, 6) is -2.42. The number of hydrogen-bond donors (Lipinski definition) is 0. The molecule has 4 aromatic carbocycles. The molecule has 14 heteroatoms. The van der Waals surface area contributed by atoms with E-state index < -0.39 is 52.9 Å². The van der Waals surface area contributed by atoms with Crippen molar-refractivity contribution in [3.63, 3.8) is 0 Å². The first-order chi connectivity index (χ1) is 19.7. The Bertz CT molecular complexity index is 1970. The summed E-state index contributed by atoms with van der Waals surface area (Å²) in [5.41, 5.74) is -6.68. The molecular weight excluding hydrogens is 788 g/mol. The van der Waals surface area contributed by atoms with Gasteiger partial charge in [0.25, 0.3) is 0 Å². The maximum atomic E-state index is 14.0. The van der Waals surface area contributed by atoms with Crippen LogP contribution in [0.2, 0.25) is 0 Å². The Labute approximate surface area is 253 Å². The van der Waals surface area contributed by atoms with Crippen molar-refractivity contribution in [1.82, 2.24) is 10.2 Å². The van der Waals surface area contributed by atoms with Crippen molar-refractivity contribution in [2.45, 2.75) is 18.5 Å². The van der Waals surface area contributed by atoms with Crippen LogP contribution in [0, 0.1) is 6.07 Å². The summed E-state index contributed by atoms with van der Waals surface area (Å²) in [7, 11) is 0. The zero-order valence-corrected chi connectivity index (χ0v) is 24.1. The molecule has 0 spiro atoms. The number of nitrogens with zero attached hydrogens (tertiary/aromatic N) is 2. The standard InChI is InChI=1S/C29H12F9N2OS.Ir/c30-27(31,32)17-12-20(28(33,34)35)24(29(36,37)38)21(13-17)41-26-19-10-15-6-2-1-5-14(15)9-18(19)25(39-40-26)23-11-16-7-3-4-8-22(16)42-23;/h1-10,12-13H;/q-1;. The number of benzene rings is 4. The average molecular weight is 800 g/mol. The van der Waals surface area contributed by atoms with Crippen LogP contribution in [0.5, 0.6) is 11.6 Å². The number of aromatic nitrogens is 2. The molecular formula is C29H12F9IrN2OS-. The summed E-state index contributed by atoms with van der Waals surface area (Å²) in [4.78, 5) is 0.505. The van der Waals surface area contributed by atoms with Gasteiger partial charge >= 0.3 is 18.5 Å². The van der Waals surface area contributed by atoms with Crippen molar-refractivity contribution >= 4 is 43.0 Å². The number of rotatable bonds is 3. The van der Waals surface area contributed by atoms with Crippen LogP contribution in [0.4, 0.5) is 39.5 Å². The number of alkyl halides is 9. The SMILES string of the molecule is FC(F)(F)c1cc(Oc2nnc(-c3[c-]c4ccccc4s3)c3cc4ccccc4cc23)c(C(F)(F)F)c(C(F)(F)F)c1.[Ir]. The first-order valence-electron chi connectivity index (χ1n) is 11.9. The summed E-state index contributed by atoms with van der Waals surface area (Å²) < 4.78 is 130. The fourth-order valence-electron chi connectivity index (χ4n) is 4.56. The first-order valence-corrected chi connectivity index (χ1v) is 12.7. The molecule has 0 aliphatic rings. The summed E-state index contributed by atoms with van der Waals surface area (Å²) in [6, 6.07) is 19.7. The molecule has 0 aliphatic heterocycles. The van der Waals surface area contributed by atoms with Crippen molar-refractivity contribution in [3.8, 4) is 22.2 Å². The molecule has 43 heavy (non-hydrogen) atoms. The van der Waals surface area contributed by atoms with Crippen molar-refractivity contribution < 1.29 is 64.4 Å². The van der Waals surface area contributed by atoms with E-state index in [9.17, 15) is 39.5 Å². The van der Waals surface area contributed by atoms with E-state index in [2.05, 4.69) is 16.3 Å².